The number of halogens is 1. The van der Waals surface area contributed by atoms with Gasteiger partial charge in [0.2, 0.25) is 5.91 Å². The summed E-state index contributed by atoms with van der Waals surface area (Å²) in [5, 5.41) is 14.6. The third-order valence-corrected chi connectivity index (χ3v) is 4.31. The number of nitrogens with two attached hydrogens (primary N) is 1. The molecule has 0 aromatic heterocycles. The quantitative estimate of drug-likeness (QED) is 0.327. The van der Waals surface area contributed by atoms with Gasteiger partial charge in [0.15, 0.2) is 5.84 Å². The number of nitrogens with zero attached hydrogens (tertiary/aromatic N) is 1. The molecule has 1 fully saturated rings. The van der Waals surface area contributed by atoms with Crippen molar-refractivity contribution in [1.82, 2.24) is 0 Å². The molecule has 0 spiro atoms. The third-order valence-electron chi connectivity index (χ3n) is 3.82. The molecule has 114 valence electrons. The first-order valence-electron chi connectivity index (χ1n) is 6.62. The molecule has 0 heterocycles. The Morgan fingerprint density at radius 2 is 2.29 bits per heavy atom. The molecule has 1 amide bonds. The highest BCUT2D eigenvalue weighted by molar-refractivity contribution is 9.10. The molecule has 0 bridgehead atoms. The highest BCUT2D eigenvalue weighted by atomic mass is 79.9. The number of hydrogen-bond acceptors (Lipinski definition) is 4. The molecule has 1 aliphatic carbocycles. The fourth-order valence-electron chi connectivity index (χ4n) is 2.40. The van der Waals surface area contributed by atoms with Crippen LogP contribution in [0.2, 0.25) is 0 Å². The summed E-state index contributed by atoms with van der Waals surface area (Å²) in [4.78, 5) is 12.2. The van der Waals surface area contributed by atoms with E-state index in [0.29, 0.717) is 17.7 Å². The molecule has 0 atom stereocenters. The third kappa shape index (κ3) is 3.54. The standard InChI is InChI=1S/C14H18BrN3O3/c1-21-14(5-2-6-14)8-12(19)17-11-4-3-9(15)7-10(11)13(16)18-20/h3-4,7,20H,2,5-6,8H2,1H3,(H2,16,18)(H,17,19). The molecule has 0 aliphatic heterocycles. The smallest absolute Gasteiger partial charge is 0.227 e. The van der Waals surface area contributed by atoms with Crippen LogP contribution >= 0.6 is 15.9 Å². The van der Waals surface area contributed by atoms with E-state index in [9.17, 15) is 4.79 Å². The van der Waals surface area contributed by atoms with Gasteiger partial charge in [-0.2, -0.15) is 0 Å². The first kappa shape index (κ1) is 15.8. The monoisotopic (exact) mass is 355 g/mol. The minimum atomic E-state index is -0.337. The molecule has 7 heteroatoms. The van der Waals surface area contributed by atoms with E-state index < -0.39 is 0 Å². The van der Waals surface area contributed by atoms with Crippen LogP contribution < -0.4 is 11.1 Å². The Bertz CT molecular complexity index is 565. The van der Waals surface area contributed by atoms with Crippen molar-refractivity contribution in [1.29, 1.82) is 0 Å². The van der Waals surface area contributed by atoms with E-state index in [1.807, 2.05) is 0 Å². The van der Waals surface area contributed by atoms with Crippen LogP contribution in [-0.2, 0) is 9.53 Å². The summed E-state index contributed by atoms with van der Waals surface area (Å²) in [5.74, 6) is -0.206. The number of benzene rings is 1. The Morgan fingerprint density at radius 1 is 1.57 bits per heavy atom. The van der Waals surface area contributed by atoms with Crippen LogP contribution in [0.5, 0.6) is 0 Å². The first-order valence-corrected chi connectivity index (χ1v) is 7.41. The number of anilines is 1. The Hall–Kier alpha value is -1.60. The van der Waals surface area contributed by atoms with Crippen molar-refractivity contribution < 1.29 is 14.7 Å². The number of methoxy groups -OCH3 is 1. The molecular weight excluding hydrogens is 338 g/mol. The Morgan fingerprint density at radius 3 is 2.81 bits per heavy atom. The Kier molecular flexibility index (Phi) is 4.84. The molecule has 1 aliphatic rings. The van der Waals surface area contributed by atoms with Crippen molar-refractivity contribution in [2.24, 2.45) is 10.9 Å². The second-order valence-corrected chi connectivity index (χ2v) is 6.06. The summed E-state index contributed by atoms with van der Waals surface area (Å²) in [5.41, 5.74) is 6.26. The number of carbonyl (C=O) groups is 1. The molecule has 0 unspecified atom stereocenters. The van der Waals surface area contributed by atoms with Gasteiger partial charge < -0.3 is 21.0 Å². The first-order chi connectivity index (χ1) is 9.99. The fourth-order valence-corrected chi connectivity index (χ4v) is 2.76. The molecular formula is C14H18BrN3O3. The van der Waals surface area contributed by atoms with Crippen molar-refractivity contribution in [2.45, 2.75) is 31.3 Å². The molecule has 0 radical (unpaired) electrons. The van der Waals surface area contributed by atoms with Gasteiger partial charge in [0.05, 0.1) is 17.7 Å². The minimum absolute atomic E-state index is 0.0586. The fraction of sp³-hybridized carbons (Fsp3) is 0.429. The number of hydrogen-bond donors (Lipinski definition) is 3. The van der Waals surface area contributed by atoms with Gasteiger partial charge >= 0.3 is 0 Å². The van der Waals surface area contributed by atoms with Crippen LogP contribution in [0, 0.1) is 0 Å². The molecule has 1 saturated carbocycles. The van der Waals surface area contributed by atoms with Gasteiger partial charge in [-0.25, -0.2) is 0 Å². The predicted molar refractivity (Wildman–Crippen MR) is 83.5 cm³/mol. The summed E-state index contributed by atoms with van der Waals surface area (Å²) in [6.45, 7) is 0. The zero-order valence-electron chi connectivity index (χ0n) is 11.7. The lowest BCUT2D eigenvalue weighted by molar-refractivity contribution is -0.129. The maximum Gasteiger partial charge on any atom is 0.227 e. The lowest BCUT2D eigenvalue weighted by Crippen LogP contribution is -2.42. The molecule has 6 nitrogen and oxygen atoms in total. The van der Waals surface area contributed by atoms with E-state index in [2.05, 4.69) is 26.4 Å². The number of oxime groups is 1. The summed E-state index contributed by atoms with van der Waals surface area (Å²) < 4.78 is 6.22. The van der Waals surface area contributed by atoms with Crippen molar-refractivity contribution in [3.8, 4) is 0 Å². The summed E-state index contributed by atoms with van der Waals surface area (Å²) in [7, 11) is 1.63. The zero-order chi connectivity index (χ0) is 15.5. The lowest BCUT2D eigenvalue weighted by atomic mass is 9.77. The highest BCUT2D eigenvalue weighted by Crippen LogP contribution is 2.38. The molecule has 2 rings (SSSR count). The maximum atomic E-state index is 12.2. The maximum absolute atomic E-state index is 12.2. The van der Waals surface area contributed by atoms with Gasteiger partial charge in [-0.3, -0.25) is 4.79 Å². The van der Waals surface area contributed by atoms with Crippen molar-refractivity contribution in [3.05, 3.63) is 28.2 Å². The number of ether oxygens (including phenoxy) is 1. The molecule has 1 aromatic rings. The van der Waals surface area contributed by atoms with E-state index in [1.165, 1.54) is 0 Å². The SMILES string of the molecule is COC1(CC(=O)Nc2ccc(Br)cc2/C(N)=N/O)CCC1. The summed E-state index contributed by atoms with van der Waals surface area (Å²) >= 11 is 3.32. The second-order valence-electron chi connectivity index (χ2n) is 5.14. The average Bonchev–Trinajstić information content (AvgIpc) is 2.44. The molecule has 1 aromatic carbocycles. The average molecular weight is 356 g/mol. The van der Waals surface area contributed by atoms with E-state index in [1.54, 1.807) is 25.3 Å². The minimum Gasteiger partial charge on any atom is -0.409 e. The van der Waals surface area contributed by atoms with Gasteiger partial charge in [0.1, 0.15) is 0 Å². The summed E-state index contributed by atoms with van der Waals surface area (Å²) in [6.07, 6.45) is 3.17. The van der Waals surface area contributed by atoms with Gasteiger partial charge in [-0.1, -0.05) is 21.1 Å². The Balaban J connectivity index is 2.14. The normalized spacial score (nSPS) is 17.1. The van der Waals surface area contributed by atoms with Crippen molar-refractivity contribution in [3.63, 3.8) is 0 Å². The van der Waals surface area contributed by atoms with E-state index in [4.69, 9.17) is 15.7 Å². The lowest BCUT2D eigenvalue weighted by Gasteiger charge is -2.39. The molecule has 21 heavy (non-hydrogen) atoms. The number of amides is 1. The number of nitrogens with one attached hydrogen (secondary N) is 1. The van der Waals surface area contributed by atoms with E-state index in [0.717, 1.165) is 23.7 Å². The predicted octanol–water partition coefficient (Wildman–Crippen LogP) is 2.44. The van der Waals surface area contributed by atoms with Crippen LogP contribution in [0.25, 0.3) is 0 Å². The Labute approximate surface area is 131 Å². The number of amidine groups is 1. The molecule has 4 N–H and O–H groups in total. The topological polar surface area (TPSA) is 96.9 Å². The van der Waals surface area contributed by atoms with Crippen molar-refractivity contribution >= 4 is 33.4 Å². The van der Waals surface area contributed by atoms with Gasteiger partial charge in [0, 0.05) is 17.1 Å². The van der Waals surface area contributed by atoms with E-state index in [-0.39, 0.29) is 17.3 Å². The van der Waals surface area contributed by atoms with Crippen LogP contribution in [-0.4, -0.2) is 29.7 Å². The zero-order valence-corrected chi connectivity index (χ0v) is 13.3. The largest absolute Gasteiger partial charge is 0.409 e. The van der Waals surface area contributed by atoms with E-state index >= 15 is 0 Å². The highest BCUT2D eigenvalue weighted by Gasteiger charge is 2.39. The van der Waals surface area contributed by atoms with Crippen LogP contribution in [0.3, 0.4) is 0 Å². The van der Waals surface area contributed by atoms with Gasteiger partial charge in [-0.15, -0.1) is 0 Å². The van der Waals surface area contributed by atoms with Crippen LogP contribution in [0.15, 0.2) is 27.8 Å². The van der Waals surface area contributed by atoms with Gasteiger partial charge in [-0.05, 0) is 37.5 Å². The second kappa shape index (κ2) is 6.44. The van der Waals surface area contributed by atoms with Crippen LogP contribution in [0.4, 0.5) is 5.69 Å². The molecule has 0 saturated heterocycles. The number of carbonyl (C=O) groups excluding carboxylic acids is 1. The van der Waals surface area contributed by atoms with Crippen molar-refractivity contribution in [2.75, 3.05) is 12.4 Å². The van der Waals surface area contributed by atoms with Crippen LogP contribution in [0.1, 0.15) is 31.2 Å². The van der Waals surface area contributed by atoms with Gasteiger partial charge in [0.25, 0.3) is 0 Å². The summed E-state index contributed by atoms with van der Waals surface area (Å²) in [6, 6.07) is 5.16. The number of rotatable bonds is 5.